The molecule has 0 aromatic carbocycles. The first-order valence-corrected chi connectivity index (χ1v) is 10.1. The van der Waals surface area contributed by atoms with Crippen molar-refractivity contribution in [1.29, 1.82) is 5.39 Å². The minimum Gasteiger partial charge on any atom is -0.475 e. The number of rotatable bonds is 3. The number of diazo groups is 1. The van der Waals surface area contributed by atoms with Gasteiger partial charge in [0.15, 0.2) is 11.6 Å². The molecule has 0 aromatic heterocycles. The van der Waals surface area contributed by atoms with E-state index in [2.05, 4.69) is 36.1 Å². The van der Waals surface area contributed by atoms with Crippen molar-refractivity contribution in [3.8, 4) is 11.5 Å². The Kier molecular flexibility index (Phi) is 5.60. The average Bonchev–Trinajstić information content (AvgIpc) is 2.88. The molecule has 1 aliphatic rings. The molecule has 7 heteroatoms. The predicted molar refractivity (Wildman–Crippen MR) is 77.6 cm³/mol. The molecule has 108 valence electrons. The van der Waals surface area contributed by atoms with E-state index in [0.29, 0.717) is 13.1 Å². The number of likely N-dealkylation sites (tertiary alicyclic amines) is 1. The Morgan fingerprint density at radius 3 is 2.50 bits per heavy atom. The van der Waals surface area contributed by atoms with Gasteiger partial charge in [0.25, 0.3) is 0 Å². The van der Waals surface area contributed by atoms with Crippen LogP contribution < -0.4 is 0 Å². The predicted octanol–water partition coefficient (Wildman–Crippen LogP) is 2.09. The third kappa shape index (κ3) is 4.94. The lowest BCUT2D eigenvalue weighted by atomic mass is 10.4. The minimum absolute atomic E-state index is 0.0393. The maximum atomic E-state index is 12.0. The molecule has 1 saturated heterocycles. The van der Waals surface area contributed by atoms with Crippen molar-refractivity contribution in [2.24, 2.45) is 0 Å². The SMILES string of the molecule is C[Si](C)(C)C#CCO/C(O)=C(\[N+]#N)C(=O)N1CCCC1. The van der Waals surface area contributed by atoms with Gasteiger partial charge in [-0.25, -0.2) is 0 Å². The Morgan fingerprint density at radius 2 is 2.00 bits per heavy atom. The van der Waals surface area contributed by atoms with E-state index in [9.17, 15) is 9.90 Å². The third-order valence-corrected chi connectivity index (χ3v) is 3.57. The molecule has 1 heterocycles. The Hall–Kier alpha value is -1.99. The summed E-state index contributed by atoms with van der Waals surface area (Å²) in [5.74, 6) is 1.58. The maximum absolute atomic E-state index is 12.0. The molecule has 1 fully saturated rings. The van der Waals surface area contributed by atoms with Crippen LogP contribution in [0.25, 0.3) is 4.98 Å². The van der Waals surface area contributed by atoms with Crippen LogP contribution in [0.3, 0.4) is 0 Å². The Bertz CT molecular complexity index is 500. The fraction of sp³-hybridized carbons (Fsp3) is 0.615. The Labute approximate surface area is 120 Å². The third-order valence-electron chi connectivity index (χ3n) is 2.64. The number of hydrogen-bond acceptors (Lipinski definition) is 4. The molecule has 1 aliphatic heterocycles. The van der Waals surface area contributed by atoms with E-state index in [0.717, 1.165) is 12.8 Å². The van der Waals surface area contributed by atoms with E-state index in [4.69, 9.17) is 10.1 Å². The van der Waals surface area contributed by atoms with Crippen molar-refractivity contribution in [3.05, 3.63) is 16.6 Å². The molecule has 0 aromatic rings. The van der Waals surface area contributed by atoms with Crippen LogP contribution in [0, 0.1) is 16.9 Å². The van der Waals surface area contributed by atoms with Crippen molar-refractivity contribution in [3.63, 3.8) is 0 Å². The summed E-state index contributed by atoms with van der Waals surface area (Å²) in [5.41, 5.74) is 2.59. The summed E-state index contributed by atoms with van der Waals surface area (Å²) in [5, 5.41) is 18.5. The first kappa shape index (κ1) is 16.1. The molecule has 0 bridgehead atoms. The summed E-state index contributed by atoms with van der Waals surface area (Å²) < 4.78 is 4.95. The standard InChI is InChI=1S/C13H19N3O3Si/c1-20(2,3)10-6-9-19-13(18)11(15-14)12(17)16-7-4-5-8-16/h4-5,7-9H2,1-3H3/p+1. The molecule has 0 spiro atoms. The number of aliphatic hydroxyl groups is 1. The van der Waals surface area contributed by atoms with Crippen molar-refractivity contribution in [1.82, 2.24) is 4.90 Å². The minimum atomic E-state index is -1.49. The topological polar surface area (TPSA) is 77.9 Å². The lowest BCUT2D eigenvalue weighted by Crippen LogP contribution is -2.29. The number of carbonyl (C=O) groups excluding carboxylic acids is 1. The summed E-state index contributed by atoms with van der Waals surface area (Å²) in [6.45, 7) is 7.41. The van der Waals surface area contributed by atoms with Gasteiger partial charge in [-0.2, -0.15) is 0 Å². The second kappa shape index (κ2) is 6.97. The van der Waals surface area contributed by atoms with Gasteiger partial charge in [-0.05, 0) is 12.8 Å². The summed E-state index contributed by atoms with van der Waals surface area (Å²) >= 11 is 0. The van der Waals surface area contributed by atoms with E-state index in [1.54, 1.807) is 0 Å². The second-order valence-corrected chi connectivity index (χ2v) is 10.3. The zero-order valence-electron chi connectivity index (χ0n) is 12.1. The van der Waals surface area contributed by atoms with Crippen LogP contribution in [0.15, 0.2) is 11.6 Å². The quantitative estimate of drug-likeness (QED) is 0.284. The van der Waals surface area contributed by atoms with Crippen LogP contribution in [0.1, 0.15) is 12.8 Å². The number of amides is 1. The molecular formula is C13H20N3O3Si+. The molecule has 1 amide bonds. The molecule has 0 radical (unpaired) electrons. The van der Waals surface area contributed by atoms with Crippen molar-refractivity contribution in [2.75, 3.05) is 19.7 Å². The zero-order chi connectivity index (χ0) is 15.2. The number of hydrogen-bond donors (Lipinski definition) is 1. The summed E-state index contributed by atoms with van der Waals surface area (Å²) in [6.07, 6.45) is 1.82. The number of carbonyl (C=O) groups is 1. The van der Waals surface area contributed by atoms with Gasteiger partial charge >= 0.3 is 17.5 Å². The molecule has 0 atom stereocenters. The number of nitrogens with zero attached hydrogens (tertiary/aromatic N) is 3. The van der Waals surface area contributed by atoms with E-state index >= 15 is 0 Å². The molecule has 1 N–H and O–H groups in total. The smallest absolute Gasteiger partial charge is 0.475 e. The van der Waals surface area contributed by atoms with Gasteiger partial charge in [0.2, 0.25) is 5.39 Å². The fourth-order valence-corrected chi connectivity index (χ4v) is 2.32. The summed E-state index contributed by atoms with van der Waals surface area (Å²) in [4.78, 5) is 16.3. The summed E-state index contributed by atoms with van der Waals surface area (Å²) in [6, 6.07) is 0. The highest BCUT2D eigenvalue weighted by Gasteiger charge is 2.36. The largest absolute Gasteiger partial charge is 0.527 e. The van der Waals surface area contributed by atoms with Crippen molar-refractivity contribution >= 4 is 14.0 Å². The maximum Gasteiger partial charge on any atom is 0.527 e. The van der Waals surface area contributed by atoms with Crippen LogP contribution in [0.5, 0.6) is 0 Å². The van der Waals surface area contributed by atoms with Crippen LogP contribution in [0.4, 0.5) is 0 Å². The van der Waals surface area contributed by atoms with Crippen LogP contribution in [0.2, 0.25) is 19.6 Å². The monoisotopic (exact) mass is 294 g/mol. The average molecular weight is 294 g/mol. The van der Waals surface area contributed by atoms with Crippen LogP contribution in [-0.2, 0) is 9.53 Å². The van der Waals surface area contributed by atoms with Gasteiger partial charge in [0.1, 0.15) is 8.07 Å². The van der Waals surface area contributed by atoms with Crippen LogP contribution >= 0.6 is 0 Å². The van der Waals surface area contributed by atoms with Gasteiger partial charge in [-0.1, -0.05) is 25.6 Å². The van der Waals surface area contributed by atoms with Gasteiger partial charge < -0.3 is 14.7 Å². The second-order valence-electron chi connectivity index (χ2n) is 5.59. The van der Waals surface area contributed by atoms with E-state index in [-0.39, 0.29) is 6.61 Å². The van der Waals surface area contributed by atoms with Crippen molar-refractivity contribution in [2.45, 2.75) is 32.5 Å². The van der Waals surface area contributed by atoms with Gasteiger partial charge in [-0.15, -0.1) is 5.54 Å². The lowest BCUT2D eigenvalue weighted by Gasteiger charge is -2.10. The molecule has 1 rings (SSSR count). The molecule has 20 heavy (non-hydrogen) atoms. The highest BCUT2D eigenvalue weighted by atomic mass is 28.3. The highest BCUT2D eigenvalue weighted by Crippen LogP contribution is 2.15. The molecule has 0 saturated carbocycles. The zero-order valence-corrected chi connectivity index (χ0v) is 13.1. The number of ether oxygens (including phenoxy) is 1. The van der Waals surface area contributed by atoms with Crippen molar-refractivity contribution < 1.29 is 14.6 Å². The normalized spacial score (nSPS) is 15.8. The molecular weight excluding hydrogens is 274 g/mol. The Morgan fingerprint density at radius 1 is 1.40 bits per heavy atom. The first-order chi connectivity index (χ1) is 9.35. The van der Waals surface area contributed by atoms with E-state index in [1.165, 1.54) is 4.90 Å². The van der Waals surface area contributed by atoms with Gasteiger partial charge in [0.05, 0.1) is 0 Å². The van der Waals surface area contributed by atoms with E-state index in [1.807, 2.05) is 0 Å². The highest BCUT2D eigenvalue weighted by molar-refractivity contribution is 6.83. The lowest BCUT2D eigenvalue weighted by molar-refractivity contribution is -0.126. The van der Waals surface area contributed by atoms with Gasteiger partial charge in [-0.3, -0.25) is 4.79 Å². The van der Waals surface area contributed by atoms with Gasteiger partial charge in [0, 0.05) is 13.1 Å². The molecule has 0 aliphatic carbocycles. The Balaban J connectivity index is 2.67. The van der Waals surface area contributed by atoms with E-state index < -0.39 is 25.6 Å². The number of aliphatic hydroxyl groups excluding tert-OH is 1. The van der Waals surface area contributed by atoms with Crippen LogP contribution in [-0.4, -0.2) is 43.7 Å². The fourth-order valence-electron chi connectivity index (χ4n) is 1.72. The molecule has 6 nitrogen and oxygen atoms in total. The summed E-state index contributed by atoms with van der Waals surface area (Å²) in [7, 11) is -1.49. The first-order valence-electron chi connectivity index (χ1n) is 6.55. The molecule has 0 unspecified atom stereocenters.